The topological polar surface area (TPSA) is 66.6 Å². The molecular formula is C16H21FN3O2. The number of piperidine rings is 1. The van der Waals surface area contributed by atoms with Crippen molar-refractivity contribution in [3.63, 3.8) is 0 Å². The molecule has 1 aromatic carbocycles. The van der Waals surface area contributed by atoms with Crippen LogP contribution >= 0.6 is 0 Å². The highest BCUT2D eigenvalue weighted by atomic mass is 19.1. The second-order valence-electron chi connectivity index (χ2n) is 5.54. The number of carbonyl (C=O) groups excluding carboxylic acids is 2. The van der Waals surface area contributed by atoms with Crippen LogP contribution in [0.4, 0.5) is 9.18 Å². The van der Waals surface area contributed by atoms with Crippen molar-refractivity contribution in [2.24, 2.45) is 5.73 Å². The van der Waals surface area contributed by atoms with Gasteiger partial charge in [-0.05, 0) is 37.0 Å². The van der Waals surface area contributed by atoms with Crippen LogP contribution < -0.4 is 5.73 Å². The lowest BCUT2D eigenvalue weighted by molar-refractivity contribution is -0.128. The fourth-order valence-corrected chi connectivity index (χ4v) is 2.61. The summed E-state index contributed by atoms with van der Waals surface area (Å²) in [6, 6.07) is 5.78. The van der Waals surface area contributed by atoms with E-state index < -0.39 is 6.03 Å². The molecule has 1 aromatic rings. The third-order valence-corrected chi connectivity index (χ3v) is 4.10. The van der Waals surface area contributed by atoms with Crippen molar-refractivity contribution in [3.8, 4) is 0 Å². The highest BCUT2D eigenvalue weighted by Crippen LogP contribution is 2.16. The standard InChI is InChI=1S/C16H21FN3O2/c1-19(16(18)22)14-8-10-20(11-9-14)15(21)7-4-12-2-5-13(17)6-3-12/h2-3,5-7,14H,4,8-11H2,1H3,(H2,18,22). The van der Waals surface area contributed by atoms with Gasteiger partial charge < -0.3 is 15.5 Å². The first-order valence-electron chi connectivity index (χ1n) is 7.36. The van der Waals surface area contributed by atoms with Gasteiger partial charge in [0.05, 0.1) is 6.42 Å². The Morgan fingerprint density at radius 3 is 2.45 bits per heavy atom. The van der Waals surface area contributed by atoms with Crippen LogP contribution in [-0.2, 0) is 11.2 Å². The predicted octanol–water partition coefficient (Wildman–Crippen LogP) is 1.57. The molecule has 1 aliphatic rings. The summed E-state index contributed by atoms with van der Waals surface area (Å²) < 4.78 is 12.8. The Hall–Kier alpha value is -2.11. The molecule has 0 aromatic heterocycles. The van der Waals surface area contributed by atoms with E-state index >= 15 is 0 Å². The van der Waals surface area contributed by atoms with Crippen LogP contribution in [-0.4, -0.2) is 47.9 Å². The molecule has 1 saturated heterocycles. The third-order valence-electron chi connectivity index (χ3n) is 4.10. The Kier molecular flexibility index (Phi) is 5.35. The lowest BCUT2D eigenvalue weighted by atomic mass is 10.0. The number of primary amides is 1. The molecular weight excluding hydrogens is 285 g/mol. The van der Waals surface area contributed by atoms with Gasteiger partial charge in [-0.3, -0.25) is 4.79 Å². The molecule has 2 rings (SSSR count). The molecule has 22 heavy (non-hydrogen) atoms. The Morgan fingerprint density at radius 2 is 1.91 bits per heavy atom. The zero-order chi connectivity index (χ0) is 16.1. The molecule has 1 aliphatic heterocycles. The number of benzene rings is 1. The number of nitrogens with zero attached hydrogens (tertiary/aromatic N) is 2. The monoisotopic (exact) mass is 306 g/mol. The summed E-state index contributed by atoms with van der Waals surface area (Å²) in [4.78, 5) is 26.6. The van der Waals surface area contributed by atoms with Crippen molar-refractivity contribution in [1.82, 2.24) is 9.80 Å². The average molecular weight is 306 g/mol. The minimum Gasteiger partial charge on any atom is -0.351 e. The van der Waals surface area contributed by atoms with Crippen molar-refractivity contribution in [2.75, 3.05) is 20.1 Å². The SMILES string of the molecule is CN(C(N)=O)C1CCN(C(=O)[CH]Cc2ccc(F)cc2)CC1. The Bertz CT molecular complexity index is 525. The third kappa shape index (κ3) is 4.19. The number of hydrogen-bond donors (Lipinski definition) is 1. The maximum Gasteiger partial charge on any atom is 0.314 e. The second kappa shape index (κ2) is 7.24. The Morgan fingerprint density at radius 1 is 1.32 bits per heavy atom. The molecule has 0 unspecified atom stereocenters. The van der Waals surface area contributed by atoms with Gasteiger partial charge in [-0.1, -0.05) is 12.1 Å². The van der Waals surface area contributed by atoms with Gasteiger partial charge in [0.1, 0.15) is 5.82 Å². The van der Waals surface area contributed by atoms with E-state index in [0.29, 0.717) is 19.5 Å². The van der Waals surface area contributed by atoms with Gasteiger partial charge in [-0.15, -0.1) is 0 Å². The molecule has 6 heteroatoms. The van der Waals surface area contributed by atoms with Gasteiger partial charge in [0.15, 0.2) is 0 Å². The minimum atomic E-state index is -0.437. The molecule has 0 atom stereocenters. The summed E-state index contributed by atoms with van der Waals surface area (Å²) in [5, 5.41) is 0. The molecule has 0 saturated carbocycles. The maximum atomic E-state index is 12.8. The van der Waals surface area contributed by atoms with E-state index in [1.54, 1.807) is 30.5 Å². The number of halogens is 1. The smallest absolute Gasteiger partial charge is 0.314 e. The highest BCUT2D eigenvalue weighted by Gasteiger charge is 2.26. The molecule has 0 spiro atoms. The molecule has 1 fully saturated rings. The van der Waals surface area contributed by atoms with E-state index in [1.165, 1.54) is 17.0 Å². The number of hydrogen-bond acceptors (Lipinski definition) is 2. The minimum absolute atomic E-state index is 0.0236. The first kappa shape index (κ1) is 16.3. The van der Waals surface area contributed by atoms with Gasteiger partial charge in [-0.2, -0.15) is 0 Å². The van der Waals surface area contributed by atoms with E-state index in [4.69, 9.17) is 5.73 Å². The number of likely N-dealkylation sites (tertiary alicyclic amines) is 1. The van der Waals surface area contributed by atoms with Crippen LogP contribution in [0.2, 0.25) is 0 Å². The molecule has 119 valence electrons. The number of carbonyl (C=O) groups is 2. The van der Waals surface area contributed by atoms with E-state index in [9.17, 15) is 14.0 Å². The fourth-order valence-electron chi connectivity index (χ4n) is 2.61. The summed E-state index contributed by atoms with van der Waals surface area (Å²) in [5.74, 6) is -0.305. The van der Waals surface area contributed by atoms with Gasteiger partial charge in [0.25, 0.3) is 0 Å². The number of amides is 3. The first-order valence-corrected chi connectivity index (χ1v) is 7.36. The molecule has 5 nitrogen and oxygen atoms in total. The van der Waals surface area contributed by atoms with E-state index in [2.05, 4.69) is 0 Å². The molecule has 1 heterocycles. The predicted molar refractivity (Wildman–Crippen MR) is 81.4 cm³/mol. The van der Waals surface area contributed by atoms with E-state index in [1.807, 2.05) is 0 Å². The van der Waals surface area contributed by atoms with E-state index in [0.717, 1.165) is 18.4 Å². The molecule has 1 radical (unpaired) electrons. The Balaban J connectivity index is 1.77. The summed E-state index contributed by atoms with van der Waals surface area (Å²) >= 11 is 0. The van der Waals surface area contributed by atoms with Crippen molar-refractivity contribution in [1.29, 1.82) is 0 Å². The van der Waals surface area contributed by atoms with Gasteiger partial charge in [0.2, 0.25) is 5.91 Å². The van der Waals surface area contributed by atoms with Crippen molar-refractivity contribution in [2.45, 2.75) is 25.3 Å². The van der Waals surface area contributed by atoms with Crippen LogP contribution in [0.3, 0.4) is 0 Å². The first-order chi connectivity index (χ1) is 10.5. The lowest BCUT2D eigenvalue weighted by Crippen LogP contribution is -2.48. The Labute approximate surface area is 129 Å². The largest absolute Gasteiger partial charge is 0.351 e. The molecule has 3 amide bonds. The van der Waals surface area contributed by atoms with Crippen LogP contribution in [0.15, 0.2) is 24.3 Å². The fraction of sp³-hybridized carbons (Fsp3) is 0.438. The quantitative estimate of drug-likeness (QED) is 0.917. The molecule has 0 aliphatic carbocycles. The van der Waals surface area contributed by atoms with Crippen molar-refractivity contribution >= 4 is 11.9 Å². The van der Waals surface area contributed by atoms with Crippen LogP contribution in [0, 0.1) is 12.2 Å². The number of nitrogens with two attached hydrogens (primary N) is 1. The number of rotatable bonds is 4. The molecule has 2 N–H and O–H groups in total. The highest BCUT2D eigenvalue weighted by molar-refractivity contribution is 5.85. The van der Waals surface area contributed by atoms with Gasteiger partial charge in [0, 0.05) is 26.2 Å². The van der Waals surface area contributed by atoms with Crippen LogP contribution in [0.5, 0.6) is 0 Å². The number of urea groups is 1. The van der Waals surface area contributed by atoms with Crippen LogP contribution in [0.25, 0.3) is 0 Å². The van der Waals surface area contributed by atoms with Gasteiger partial charge >= 0.3 is 6.03 Å². The summed E-state index contributed by atoms with van der Waals surface area (Å²) in [6.07, 6.45) is 3.57. The summed E-state index contributed by atoms with van der Waals surface area (Å²) in [5.41, 5.74) is 6.16. The van der Waals surface area contributed by atoms with E-state index in [-0.39, 0.29) is 17.8 Å². The summed E-state index contributed by atoms with van der Waals surface area (Å²) in [6.45, 7) is 1.22. The summed E-state index contributed by atoms with van der Waals surface area (Å²) in [7, 11) is 1.69. The van der Waals surface area contributed by atoms with Crippen molar-refractivity contribution in [3.05, 3.63) is 42.1 Å². The van der Waals surface area contributed by atoms with Crippen molar-refractivity contribution < 1.29 is 14.0 Å². The molecule has 0 bridgehead atoms. The van der Waals surface area contributed by atoms with Gasteiger partial charge in [-0.25, -0.2) is 9.18 Å². The zero-order valence-corrected chi connectivity index (χ0v) is 12.7. The zero-order valence-electron chi connectivity index (χ0n) is 12.7. The second-order valence-corrected chi connectivity index (χ2v) is 5.54. The van der Waals surface area contributed by atoms with Crippen LogP contribution in [0.1, 0.15) is 18.4 Å². The average Bonchev–Trinajstić information content (AvgIpc) is 2.53. The maximum absolute atomic E-state index is 12.8. The lowest BCUT2D eigenvalue weighted by Gasteiger charge is -2.36. The normalized spacial score (nSPS) is 15.6.